The van der Waals surface area contributed by atoms with E-state index in [4.69, 9.17) is 0 Å². The monoisotopic (exact) mass is 220 g/mol. The van der Waals surface area contributed by atoms with Crippen molar-refractivity contribution in [2.75, 3.05) is 0 Å². The molecule has 1 heteroatoms. The smallest absolute Gasteiger partial charge is 0.0887 e. The summed E-state index contributed by atoms with van der Waals surface area (Å²) >= 11 is 0. The van der Waals surface area contributed by atoms with Crippen molar-refractivity contribution in [3.8, 4) is 0 Å². The Kier molecular flexibility index (Phi) is 1.98. The van der Waals surface area contributed by atoms with Crippen molar-refractivity contribution in [1.29, 1.82) is 0 Å². The van der Waals surface area contributed by atoms with Crippen molar-refractivity contribution in [2.45, 2.75) is 52.1 Å². The largest absolute Gasteiger partial charge is 0.385 e. The minimum absolute atomic E-state index is 0.470. The van der Waals surface area contributed by atoms with Crippen LogP contribution in [0.2, 0.25) is 0 Å². The van der Waals surface area contributed by atoms with Crippen molar-refractivity contribution in [3.63, 3.8) is 0 Å². The number of aliphatic hydroxyl groups is 1. The molecule has 5 atom stereocenters. The van der Waals surface area contributed by atoms with Crippen LogP contribution in [0.1, 0.15) is 46.5 Å². The molecule has 1 nitrogen and oxygen atoms in total. The normalized spacial score (nSPS) is 54.1. The number of rotatable bonds is 0. The summed E-state index contributed by atoms with van der Waals surface area (Å²) in [6, 6.07) is 0. The number of hydrogen-bond acceptors (Lipinski definition) is 1. The van der Waals surface area contributed by atoms with E-state index in [0.717, 1.165) is 30.3 Å². The van der Waals surface area contributed by atoms with E-state index >= 15 is 0 Å². The first kappa shape index (κ1) is 10.8. The predicted molar refractivity (Wildman–Crippen MR) is 66.0 cm³/mol. The molecule has 0 spiro atoms. The van der Waals surface area contributed by atoms with Gasteiger partial charge in [0.05, 0.1) is 5.60 Å². The molecule has 0 aliphatic heterocycles. The molecule has 3 aliphatic carbocycles. The topological polar surface area (TPSA) is 20.2 Å². The van der Waals surface area contributed by atoms with Crippen LogP contribution in [0.25, 0.3) is 0 Å². The third kappa shape index (κ3) is 1.11. The van der Waals surface area contributed by atoms with Gasteiger partial charge in [-0.3, -0.25) is 0 Å². The molecule has 0 amide bonds. The second-order valence-corrected chi connectivity index (χ2v) is 7.06. The highest BCUT2D eigenvalue weighted by Gasteiger charge is 2.68. The van der Waals surface area contributed by atoms with E-state index in [9.17, 15) is 5.11 Å². The van der Waals surface area contributed by atoms with Crippen LogP contribution in [0.4, 0.5) is 0 Å². The van der Waals surface area contributed by atoms with E-state index in [1.807, 2.05) is 0 Å². The van der Waals surface area contributed by atoms with Gasteiger partial charge in [-0.2, -0.15) is 0 Å². The lowest BCUT2D eigenvalue weighted by Crippen LogP contribution is -2.38. The molecule has 0 unspecified atom stereocenters. The van der Waals surface area contributed by atoms with Crippen molar-refractivity contribution in [1.82, 2.24) is 0 Å². The fourth-order valence-electron chi connectivity index (χ4n) is 4.93. The van der Waals surface area contributed by atoms with Gasteiger partial charge in [-0.05, 0) is 60.3 Å². The van der Waals surface area contributed by atoms with Gasteiger partial charge >= 0.3 is 0 Å². The molecule has 1 N–H and O–H groups in total. The predicted octanol–water partition coefficient (Wildman–Crippen LogP) is 3.39. The lowest BCUT2D eigenvalue weighted by atomic mass is 9.76. The Balaban J connectivity index is 2.01. The number of hydrogen-bond donors (Lipinski definition) is 1. The Labute approximate surface area is 98.9 Å². The lowest BCUT2D eigenvalue weighted by molar-refractivity contribution is 0.0137. The van der Waals surface area contributed by atoms with E-state index in [1.165, 1.54) is 12.8 Å². The SMILES string of the molecule is C=C1CC[C@H]2[C@@H]([C@@H]3[C@H](C)CC[C@]13O)C2(C)C. The Morgan fingerprint density at radius 3 is 2.62 bits per heavy atom. The molecule has 3 rings (SSSR count). The van der Waals surface area contributed by atoms with Crippen molar-refractivity contribution < 1.29 is 5.11 Å². The zero-order valence-corrected chi connectivity index (χ0v) is 10.8. The molecule has 0 heterocycles. The van der Waals surface area contributed by atoms with E-state index in [-0.39, 0.29) is 0 Å². The maximum Gasteiger partial charge on any atom is 0.0887 e. The standard InChI is InChI=1S/C15H24O/c1-9-7-8-15(16)10(2)5-6-11-13(12(9)15)14(11,3)4/h9,11-13,16H,2,5-8H2,1,3-4H3/t9-,11+,12+,13+,15+/m1/s1. The Hall–Kier alpha value is -0.300. The van der Waals surface area contributed by atoms with Crippen LogP contribution in [0, 0.1) is 29.1 Å². The summed E-state index contributed by atoms with van der Waals surface area (Å²) in [6.07, 6.45) is 4.43. The average Bonchev–Trinajstić information content (AvgIpc) is 2.64. The van der Waals surface area contributed by atoms with Crippen LogP contribution in [-0.4, -0.2) is 10.7 Å². The van der Waals surface area contributed by atoms with Gasteiger partial charge < -0.3 is 5.11 Å². The molecule has 0 aromatic rings. The maximum absolute atomic E-state index is 11.0. The Morgan fingerprint density at radius 1 is 1.25 bits per heavy atom. The second-order valence-electron chi connectivity index (χ2n) is 7.06. The van der Waals surface area contributed by atoms with Crippen LogP contribution < -0.4 is 0 Å². The molecule has 0 radical (unpaired) electrons. The molecule has 0 aromatic heterocycles. The van der Waals surface area contributed by atoms with Crippen LogP contribution in [-0.2, 0) is 0 Å². The van der Waals surface area contributed by atoms with Crippen LogP contribution in [0.5, 0.6) is 0 Å². The van der Waals surface area contributed by atoms with E-state index in [2.05, 4.69) is 27.4 Å². The van der Waals surface area contributed by atoms with Crippen molar-refractivity contribution in [3.05, 3.63) is 12.2 Å². The Morgan fingerprint density at radius 2 is 1.94 bits per heavy atom. The summed E-state index contributed by atoms with van der Waals surface area (Å²) < 4.78 is 0. The molecule has 0 bridgehead atoms. The van der Waals surface area contributed by atoms with E-state index in [0.29, 0.717) is 17.3 Å². The third-order valence-corrected chi connectivity index (χ3v) is 6.04. The first-order valence-electron chi connectivity index (χ1n) is 6.79. The zero-order chi connectivity index (χ0) is 11.7. The first-order valence-corrected chi connectivity index (χ1v) is 6.79. The maximum atomic E-state index is 11.0. The summed E-state index contributed by atoms with van der Waals surface area (Å²) in [7, 11) is 0. The van der Waals surface area contributed by atoms with Gasteiger partial charge in [-0.25, -0.2) is 0 Å². The molecule has 3 saturated carbocycles. The van der Waals surface area contributed by atoms with Gasteiger partial charge in [-0.1, -0.05) is 27.4 Å². The van der Waals surface area contributed by atoms with Crippen molar-refractivity contribution >= 4 is 0 Å². The quantitative estimate of drug-likeness (QED) is 0.620. The summed E-state index contributed by atoms with van der Waals surface area (Å²) in [5.74, 6) is 2.75. The van der Waals surface area contributed by atoms with Gasteiger partial charge in [0.15, 0.2) is 0 Å². The molecule has 0 saturated heterocycles. The summed E-state index contributed by atoms with van der Waals surface area (Å²) in [5, 5.41) is 11.0. The minimum atomic E-state index is -0.521. The van der Waals surface area contributed by atoms with E-state index < -0.39 is 5.60 Å². The fraction of sp³-hybridized carbons (Fsp3) is 0.867. The average molecular weight is 220 g/mol. The Bertz CT molecular complexity index is 343. The fourth-order valence-corrected chi connectivity index (χ4v) is 4.93. The van der Waals surface area contributed by atoms with Crippen LogP contribution >= 0.6 is 0 Å². The molecular weight excluding hydrogens is 196 g/mol. The van der Waals surface area contributed by atoms with E-state index in [1.54, 1.807) is 0 Å². The van der Waals surface area contributed by atoms with Gasteiger partial charge in [0.2, 0.25) is 0 Å². The molecule has 3 fully saturated rings. The van der Waals surface area contributed by atoms with Gasteiger partial charge in [0.25, 0.3) is 0 Å². The summed E-state index contributed by atoms with van der Waals surface area (Å²) in [4.78, 5) is 0. The summed E-state index contributed by atoms with van der Waals surface area (Å²) in [5.41, 5.74) is 1.08. The second kappa shape index (κ2) is 2.93. The van der Waals surface area contributed by atoms with Gasteiger partial charge in [0, 0.05) is 0 Å². The van der Waals surface area contributed by atoms with Crippen LogP contribution in [0.3, 0.4) is 0 Å². The highest BCUT2D eigenvalue weighted by atomic mass is 16.3. The molecule has 16 heavy (non-hydrogen) atoms. The molecule has 90 valence electrons. The highest BCUT2D eigenvalue weighted by molar-refractivity contribution is 5.27. The first-order chi connectivity index (χ1) is 7.39. The number of fused-ring (bicyclic) bond motifs is 3. The van der Waals surface area contributed by atoms with Gasteiger partial charge in [-0.15, -0.1) is 0 Å². The molecule has 0 aromatic carbocycles. The van der Waals surface area contributed by atoms with Crippen LogP contribution in [0.15, 0.2) is 12.2 Å². The lowest BCUT2D eigenvalue weighted by Gasteiger charge is -2.34. The van der Waals surface area contributed by atoms with Gasteiger partial charge in [0.1, 0.15) is 0 Å². The minimum Gasteiger partial charge on any atom is -0.385 e. The highest BCUT2D eigenvalue weighted by Crippen LogP contribution is 2.71. The zero-order valence-electron chi connectivity index (χ0n) is 10.8. The third-order valence-electron chi connectivity index (χ3n) is 6.04. The molecule has 3 aliphatic rings. The summed E-state index contributed by atoms with van der Waals surface area (Å²) in [6.45, 7) is 11.3. The van der Waals surface area contributed by atoms with Crippen molar-refractivity contribution in [2.24, 2.45) is 29.1 Å². The molecular formula is C15H24O.